The molecule has 1 amide bonds. The second-order valence-electron chi connectivity index (χ2n) is 6.90. The molecule has 1 atom stereocenters. The zero-order chi connectivity index (χ0) is 22.5. The Morgan fingerprint density at radius 2 is 1.84 bits per heavy atom. The number of nitrogens with one attached hydrogen (secondary N) is 2. The highest BCUT2D eigenvalue weighted by atomic mass is 79.9. The molecule has 2 aromatic carbocycles. The van der Waals surface area contributed by atoms with Gasteiger partial charge < -0.3 is 10.6 Å². The topological polar surface area (TPSA) is 82.0 Å². The van der Waals surface area contributed by atoms with Crippen molar-refractivity contribution in [2.75, 3.05) is 11.1 Å². The Morgan fingerprint density at radius 3 is 2.42 bits per heavy atom. The van der Waals surface area contributed by atoms with Crippen molar-refractivity contribution >= 4 is 56.7 Å². The van der Waals surface area contributed by atoms with Gasteiger partial charge in [0, 0.05) is 26.5 Å². The molecule has 0 bridgehead atoms. The Bertz CT molecular complexity index is 1120. The molecule has 3 rings (SSSR count). The molecule has 0 spiro atoms. The van der Waals surface area contributed by atoms with Crippen molar-refractivity contribution in [1.82, 2.24) is 5.32 Å². The number of anilines is 1. The lowest BCUT2D eigenvalue weighted by Gasteiger charge is -2.29. The number of nitrogens with zero attached hydrogens (tertiary/aromatic N) is 1. The first kappa shape index (κ1) is 23.1. The van der Waals surface area contributed by atoms with Crippen LogP contribution in [0.5, 0.6) is 0 Å². The highest BCUT2D eigenvalue weighted by Gasteiger charge is 2.33. The Balaban J connectivity index is 1.86. The molecule has 2 aromatic rings. The van der Waals surface area contributed by atoms with E-state index in [9.17, 15) is 14.9 Å². The van der Waals surface area contributed by atoms with E-state index in [4.69, 9.17) is 11.6 Å². The molecule has 0 saturated carbocycles. The van der Waals surface area contributed by atoms with Gasteiger partial charge in [0.2, 0.25) is 5.91 Å². The summed E-state index contributed by atoms with van der Waals surface area (Å²) in [6.07, 6.45) is 0. The van der Waals surface area contributed by atoms with E-state index in [-0.39, 0.29) is 17.4 Å². The van der Waals surface area contributed by atoms with E-state index in [1.165, 1.54) is 18.7 Å². The first-order chi connectivity index (χ1) is 14.8. The first-order valence-corrected chi connectivity index (χ1v) is 11.5. The molecule has 8 heteroatoms. The van der Waals surface area contributed by atoms with Gasteiger partial charge in [-0.3, -0.25) is 9.59 Å². The average Bonchev–Trinajstić information content (AvgIpc) is 2.73. The van der Waals surface area contributed by atoms with Crippen LogP contribution in [0.2, 0.25) is 5.02 Å². The fraction of sp³-hybridized carbons (Fsp3) is 0.174. The quantitative estimate of drug-likeness (QED) is 0.510. The van der Waals surface area contributed by atoms with Crippen molar-refractivity contribution in [3.05, 3.63) is 85.5 Å². The molecule has 158 valence electrons. The lowest BCUT2D eigenvalue weighted by molar-refractivity contribution is -0.114. The van der Waals surface area contributed by atoms with E-state index < -0.39 is 5.92 Å². The lowest BCUT2D eigenvalue weighted by Crippen LogP contribution is -2.27. The highest BCUT2D eigenvalue weighted by Crippen LogP contribution is 2.41. The number of Topliss-reactive ketones (excluding diaryl/α,β-unsaturated/α-hetero) is 1. The molecular weight excluding hydrogens is 498 g/mol. The number of benzene rings is 2. The standard InChI is InChI=1S/C23H19BrClN3O2S/c1-13-21(14(2)29)22(15-3-7-17(25)8-4-15)19(11-26)23(27-13)31-12-20(30)28-18-9-5-16(24)6-10-18/h3-10,22,27H,12H2,1-2H3,(H,28,30). The van der Waals surface area contributed by atoms with E-state index in [0.717, 1.165) is 10.0 Å². The zero-order valence-electron chi connectivity index (χ0n) is 16.8. The molecule has 0 radical (unpaired) electrons. The fourth-order valence-corrected chi connectivity index (χ4v) is 4.63. The van der Waals surface area contributed by atoms with Crippen LogP contribution < -0.4 is 10.6 Å². The van der Waals surface area contributed by atoms with Gasteiger partial charge in [-0.1, -0.05) is 51.4 Å². The summed E-state index contributed by atoms with van der Waals surface area (Å²) in [5, 5.41) is 17.1. The zero-order valence-corrected chi connectivity index (χ0v) is 20.0. The number of allylic oxidation sites excluding steroid dienone is 3. The minimum absolute atomic E-state index is 0.111. The summed E-state index contributed by atoms with van der Waals surface area (Å²) in [4.78, 5) is 24.8. The summed E-state index contributed by atoms with van der Waals surface area (Å²) in [7, 11) is 0. The molecule has 1 heterocycles. The number of amides is 1. The minimum atomic E-state index is -0.516. The van der Waals surface area contributed by atoms with Crippen LogP contribution in [0, 0.1) is 11.3 Å². The van der Waals surface area contributed by atoms with Gasteiger partial charge in [-0.05, 0) is 55.8 Å². The normalized spacial score (nSPS) is 15.9. The summed E-state index contributed by atoms with van der Waals surface area (Å²) in [5.74, 6) is -0.715. The number of nitriles is 1. The van der Waals surface area contributed by atoms with Gasteiger partial charge in [0.25, 0.3) is 0 Å². The SMILES string of the molecule is CC(=O)C1=C(C)NC(SCC(=O)Nc2ccc(Br)cc2)=C(C#N)C1c1ccc(Cl)cc1. The molecule has 5 nitrogen and oxygen atoms in total. The second kappa shape index (κ2) is 10.2. The van der Waals surface area contributed by atoms with Gasteiger partial charge in [0.1, 0.15) is 0 Å². The number of dihydropyridines is 1. The van der Waals surface area contributed by atoms with Gasteiger partial charge in [-0.15, -0.1) is 0 Å². The number of hydrogen-bond acceptors (Lipinski definition) is 5. The van der Waals surface area contributed by atoms with Gasteiger partial charge in [0.15, 0.2) is 5.78 Å². The van der Waals surface area contributed by atoms with Crippen molar-refractivity contribution in [2.24, 2.45) is 0 Å². The summed E-state index contributed by atoms with van der Waals surface area (Å²) in [5.41, 5.74) is 3.09. The molecule has 0 aliphatic carbocycles. The number of carbonyl (C=O) groups excluding carboxylic acids is 2. The molecule has 0 aromatic heterocycles. The third-order valence-electron chi connectivity index (χ3n) is 4.71. The smallest absolute Gasteiger partial charge is 0.234 e. The number of carbonyl (C=O) groups is 2. The maximum absolute atomic E-state index is 12.4. The van der Waals surface area contributed by atoms with Crippen LogP contribution in [-0.2, 0) is 9.59 Å². The van der Waals surface area contributed by atoms with Crippen LogP contribution in [0.25, 0.3) is 0 Å². The van der Waals surface area contributed by atoms with Gasteiger partial charge in [0.05, 0.1) is 28.3 Å². The van der Waals surface area contributed by atoms with Crippen molar-refractivity contribution < 1.29 is 9.59 Å². The lowest BCUT2D eigenvalue weighted by atomic mass is 9.81. The summed E-state index contributed by atoms with van der Waals surface area (Å²) in [6.45, 7) is 3.29. The van der Waals surface area contributed by atoms with Crippen LogP contribution in [-0.4, -0.2) is 17.4 Å². The number of thioether (sulfide) groups is 1. The van der Waals surface area contributed by atoms with Gasteiger partial charge in [-0.25, -0.2) is 0 Å². The van der Waals surface area contributed by atoms with Crippen molar-refractivity contribution in [2.45, 2.75) is 19.8 Å². The molecule has 1 unspecified atom stereocenters. The highest BCUT2D eigenvalue weighted by molar-refractivity contribution is 9.10. The molecule has 0 saturated heterocycles. The molecular formula is C23H19BrClN3O2S. The maximum atomic E-state index is 12.4. The van der Waals surface area contributed by atoms with E-state index in [1.54, 1.807) is 31.2 Å². The molecule has 1 aliphatic heterocycles. The largest absolute Gasteiger partial charge is 0.353 e. The van der Waals surface area contributed by atoms with Crippen LogP contribution in [0.15, 0.2) is 74.9 Å². The summed E-state index contributed by atoms with van der Waals surface area (Å²) in [6, 6.07) is 16.6. The number of hydrogen-bond donors (Lipinski definition) is 2. The Kier molecular flexibility index (Phi) is 7.60. The van der Waals surface area contributed by atoms with E-state index >= 15 is 0 Å². The summed E-state index contributed by atoms with van der Waals surface area (Å²) >= 11 is 10.6. The van der Waals surface area contributed by atoms with Gasteiger partial charge in [-0.2, -0.15) is 5.26 Å². The van der Waals surface area contributed by atoms with Crippen molar-refractivity contribution in [3.63, 3.8) is 0 Å². The summed E-state index contributed by atoms with van der Waals surface area (Å²) < 4.78 is 0.923. The first-order valence-electron chi connectivity index (χ1n) is 9.36. The predicted octanol–water partition coefficient (Wildman–Crippen LogP) is 5.76. The van der Waals surface area contributed by atoms with E-state index in [1.807, 2.05) is 24.3 Å². The Hall–Kier alpha value is -2.53. The van der Waals surface area contributed by atoms with Crippen molar-refractivity contribution in [1.29, 1.82) is 5.26 Å². The molecule has 2 N–H and O–H groups in total. The van der Waals surface area contributed by atoms with Crippen LogP contribution in [0.4, 0.5) is 5.69 Å². The predicted molar refractivity (Wildman–Crippen MR) is 129 cm³/mol. The molecule has 31 heavy (non-hydrogen) atoms. The second-order valence-corrected chi connectivity index (χ2v) is 9.24. The fourth-order valence-electron chi connectivity index (χ4n) is 3.35. The van der Waals surface area contributed by atoms with E-state index in [0.29, 0.717) is 32.6 Å². The molecule has 1 aliphatic rings. The van der Waals surface area contributed by atoms with Gasteiger partial charge >= 0.3 is 0 Å². The molecule has 0 fully saturated rings. The number of rotatable bonds is 6. The third-order valence-corrected chi connectivity index (χ3v) is 6.50. The number of halogens is 2. The van der Waals surface area contributed by atoms with Crippen molar-refractivity contribution in [3.8, 4) is 6.07 Å². The van der Waals surface area contributed by atoms with Crippen LogP contribution >= 0.6 is 39.3 Å². The monoisotopic (exact) mass is 515 g/mol. The van der Waals surface area contributed by atoms with Crippen LogP contribution in [0.3, 0.4) is 0 Å². The van der Waals surface area contributed by atoms with E-state index in [2.05, 4.69) is 32.6 Å². The Morgan fingerprint density at radius 1 is 1.19 bits per heavy atom. The third kappa shape index (κ3) is 5.59. The maximum Gasteiger partial charge on any atom is 0.234 e. The Labute approximate surface area is 198 Å². The van der Waals surface area contributed by atoms with Crippen LogP contribution in [0.1, 0.15) is 25.3 Å². The minimum Gasteiger partial charge on any atom is -0.353 e. The number of ketones is 1. The average molecular weight is 517 g/mol.